The van der Waals surface area contributed by atoms with E-state index < -0.39 is 104 Å². The van der Waals surface area contributed by atoms with Crippen LogP contribution in [0.15, 0.2) is 10.2 Å². The van der Waals surface area contributed by atoms with E-state index in [9.17, 15) is 31.5 Å². The van der Waals surface area contributed by atoms with Crippen molar-refractivity contribution in [1.82, 2.24) is 4.90 Å². The second-order valence-electron chi connectivity index (χ2n) is 12.5. The second kappa shape index (κ2) is 11.5. The maximum atomic E-state index is 11.4. The van der Waals surface area contributed by atoms with Crippen LogP contribution in [0.25, 0.3) is 20.9 Å². The van der Waals surface area contributed by atoms with Crippen LogP contribution in [0.5, 0.6) is 0 Å². The average Bonchev–Trinajstić information content (AvgIpc) is 3.70. The zero-order valence-corrected chi connectivity index (χ0v) is 24.0. The van der Waals surface area contributed by atoms with E-state index in [0.717, 1.165) is 0 Å². The molecule has 0 saturated carbocycles. The van der Waals surface area contributed by atoms with Crippen LogP contribution in [0, 0.1) is 0 Å². The number of azide groups is 2. The molecule has 6 aliphatic rings. The van der Waals surface area contributed by atoms with Gasteiger partial charge in [0.25, 0.3) is 0 Å². The molecule has 0 radical (unpaired) electrons. The Kier molecular flexibility index (Phi) is 8.30. The van der Waals surface area contributed by atoms with Gasteiger partial charge in [0.05, 0.1) is 49.1 Å². The summed E-state index contributed by atoms with van der Waals surface area (Å²) in [5, 5.41) is 52.8. The summed E-state index contributed by atoms with van der Waals surface area (Å²) in [5.41, 5.74) is 18.4. The van der Waals surface area contributed by atoms with Crippen LogP contribution in [0.3, 0.4) is 0 Å². The Morgan fingerprint density at radius 2 is 1.26 bits per heavy atom. The molecule has 0 amide bonds. The molecule has 0 aromatic carbocycles. The number of hydrogen-bond donors (Lipinski definition) is 4. The van der Waals surface area contributed by atoms with Crippen molar-refractivity contribution in [1.29, 1.82) is 0 Å². The van der Waals surface area contributed by atoms with Crippen LogP contribution >= 0.6 is 0 Å². The third kappa shape index (κ3) is 5.69. The third-order valence-electron chi connectivity index (χ3n) is 8.59. The Bertz CT molecular complexity index is 1070. The number of aliphatic hydroxyl groups excluding tert-OH is 4. The maximum Gasteiger partial charge on any atom is 0.188 e. The number of fused-ring (bicyclic) bond motifs is 4. The lowest BCUT2D eigenvalue weighted by molar-refractivity contribution is -0.232. The summed E-state index contributed by atoms with van der Waals surface area (Å²) >= 11 is 0. The molecule has 19 heteroatoms. The van der Waals surface area contributed by atoms with Crippen LogP contribution in [0.1, 0.15) is 27.7 Å². The lowest BCUT2D eigenvalue weighted by Crippen LogP contribution is -2.64. The number of rotatable bonds is 9. The fourth-order valence-corrected chi connectivity index (χ4v) is 6.87. The molecule has 6 aliphatic heterocycles. The van der Waals surface area contributed by atoms with E-state index in [2.05, 4.69) is 20.1 Å². The Morgan fingerprint density at radius 1 is 0.767 bits per heavy atom. The Hall–Kier alpha value is -1.90. The van der Waals surface area contributed by atoms with E-state index in [0.29, 0.717) is 0 Å². The molecule has 0 unspecified atom stereocenters. The molecule has 0 aliphatic carbocycles. The van der Waals surface area contributed by atoms with E-state index >= 15 is 0 Å². The fourth-order valence-electron chi connectivity index (χ4n) is 6.87. The average molecular weight is 616 g/mol. The number of nitrogens with zero attached hydrogens (tertiary/aromatic N) is 7. The third-order valence-corrected chi connectivity index (χ3v) is 8.59. The molecule has 0 aromatic rings. The van der Waals surface area contributed by atoms with E-state index in [4.69, 9.17) is 37.9 Å². The van der Waals surface area contributed by atoms with Gasteiger partial charge in [-0.3, -0.25) is 4.90 Å². The Balaban J connectivity index is 1.24. The molecule has 6 heterocycles. The monoisotopic (exact) mass is 615 g/mol. The molecule has 15 atom stereocenters. The van der Waals surface area contributed by atoms with Gasteiger partial charge in [-0.2, -0.15) is 0 Å². The molecular formula is C24H37N7O12. The highest BCUT2D eigenvalue weighted by Crippen LogP contribution is 2.42. The molecule has 2 bridgehead atoms. The van der Waals surface area contributed by atoms with Crippen molar-refractivity contribution in [2.24, 2.45) is 10.2 Å². The lowest BCUT2D eigenvalue weighted by atomic mass is 9.93. The highest BCUT2D eigenvalue weighted by Gasteiger charge is 2.59. The Morgan fingerprint density at radius 3 is 1.72 bits per heavy atom. The van der Waals surface area contributed by atoms with Crippen molar-refractivity contribution < 1.29 is 58.3 Å². The highest BCUT2D eigenvalue weighted by atomic mass is 16.8. The van der Waals surface area contributed by atoms with E-state index in [-0.39, 0.29) is 19.7 Å². The molecule has 6 saturated heterocycles. The van der Waals surface area contributed by atoms with Crippen molar-refractivity contribution in [3.8, 4) is 0 Å². The van der Waals surface area contributed by atoms with Gasteiger partial charge in [-0.25, -0.2) is 0 Å². The molecule has 240 valence electrons. The first-order valence-electron chi connectivity index (χ1n) is 14.2. The molecule has 0 aromatic heterocycles. The normalized spacial score (nSPS) is 47.0. The summed E-state index contributed by atoms with van der Waals surface area (Å²) in [5.74, 6) is -1.99. The predicted molar refractivity (Wildman–Crippen MR) is 137 cm³/mol. The fraction of sp³-hybridized carbons (Fsp3) is 1.00. The summed E-state index contributed by atoms with van der Waals surface area (Å²) in [6.45, 7) is 6.19. The van der Waals surface area contributed by atoms with Gasteiger partial charge in [-0.15, -0.1) is 0 Å². The van der Waals surface area contributed by atoms with Gasteiger partial charge in [-0.1, -0.05) is 10.2 Å². The number of hydrogen-bond acceptors (Lipinski definition) is 15. The van der Waals surface area contributed by atoms with Crippen molar-refractivity contribution in [3.63, 3.8) is 0 Å². The summed E-state index contributed by atoms with van der Waals surface area (Å²) in [6.07, 6.45) is -12.8. The van der Waals surface area contributed by atoms with E-state index in [1.54, 1.807) is 27.7 Å². The standard InChI is InChI=1S/C24H37N7O12/c1-23(2)40-18-11(27-29-25)16(38-21(18)42-23)8(32)5-31(13-14(34)10-7-36-20(37-10)15(13)35)6-9(33)17-12(28-30-26)19-22(39-17)43-24(3,4)41-19/h8-22,32-35H,5-7H2,1-4H3/t8-,9-,10-,11+,12+,13-,14-,15+,16-,17-,18-,19-,20-,21-,22-/m1/s1. The van der Waals surface area contributed by atoms with E-state index in [1.807, 2.05) is 0 Å². The topological polar surface area (TPSA) is 256 Å². The zero-order valence-electron chi connectivity index (χ0n) is 24.0. The first-order valence-corrected chi connectivity index (χ1v) is 14.2. The van der Waals surface area contributed by atoms with Gasteiger partial charge in [0.15, 0.2) is 30.4 Å². The van der Waals surface area contributed by atoms with Crippen LogP contribution in [-0.2, 0) is 37.9 Å². The first-order chi connectivity index (χ1) is 20.3. The summed E-state index contributed by atoms with van der Waals surface area (Å²) in [4.78, 5) is 7.26. The minimum absolute atomic E-state index is 0.0371. The van der Waals surface area contributed by atoms with Gasteiger partial charge < -0.3 is 58.3 Å². The SMILES string of the molecule is CC1(C)O[C@H]2O[C@H]([C@H](O)CN(C[C@@H](O)[C@H]3O[C@@H]4OC(C)(C)O[C@@H]4[C@H]3N=[N+]=[N-])[C@H]3[C@H](O)[C@@H]4OC[C@@H](O4)[C@H]3O)[C@H](N=[N+]=[N-])[C@H]2O1. The molecule has 43 heavy (non-hydrogen) atoms. The smallest absolute Gasteiger partial charge is 0.188 e. The minimum atomic E-state index is -1.38. The van der Waals surface area contributed by atoms with Crippen molar-refractivity contribution in [3.05, 3.63) is 20.9 Å². The summed E-state index contributed by atoms with van der Waals surface area (Å²) in [6, 6.07) is -3.01. The van der Waals surface area contributed by atoms with Crippen LogP contribution in [0.2, 0.25) is 0 Å². The molecule has 6 fully saturated rings. The van der Waals surface area contributed by atoms with Crippen molar-refractivity contribution >= 4 is 0 Å². The lowest BCUT2D eigenvalue weighted by Gasteiger charge is -2.44. The van der Waals surface area contributed by atoms with Crippen LogP contribution in [-0.4, -0.2) is 149 Å². The second-order valence-corrected chi connectivity index (χ2v) is 12.5. The maximum absolute atomic E-state index is 11.4. The largest absolute Gasteiger partial charge is 0.389 e. The van der Waals surface area contributed by atoms with Gasteiger partial charge in [0.1, 0.15) is 30.5 Å². The van der Waals surface area contributed by atoms with Crippen LogP contribution < -0.4 is 0 Å². The van der Waals surface area contributed by atoms with E-state index in [1.165, 1.54) is 4.90 Å². The zero-order chi connectivity index (χ0) is 30.8. The van der Waals surface area contributed by atoms with Crippen molar-refractivity contribution in [2.75, 3.05) is 19.7 Å². The highest BCUT2D eigenvalue weighted by molar-refractivity contribution is 5.06. The Labute approximate surface area is 245 Å². The number of aliphatic hydroxyl groups is 4. The molecular weight excluding hydrogens is 578 g/mol. The van der Waals surface area contributed by atoms with Gasteiger partial charge >= 0.3 is 0 Å². The molecule has 19 nitrogen and oxygen atoms in total. The molecule has 4 N–H and O–H groups in total. The van der Waals surface area contributed by atoms with Gasteiger partial charge in [0.2, 0.25) is 0 Å². The quantitative estimate of drug-likeness (QED) is 0.138. The van der Waals surface area contributed by atoms with Gasteiger partial charge in [0, 0.05) is 22.9 Å². The predicted octanol–water partition coefficient (Wildman–Crippen LogP) is -1.03. The summed E-state index contributed by atoms with van der Waals surface area (Å²) < 4.78 is 46.1. The minimum Gasteiger partial charge on any atom is -0.389 e. The van der Waals surface area contributed by atoms with Crippen LogP contribution in [0.4, 0.5) is 0 Å². The first kappa shape index (κ1) is 31.1. The summed E-state index contributed by atoms with van der Waals surface area (Å²) in [7, 11) is 0. The molecule has 0 spiro atoms. The van der Waals surface area contributed by atoms with Crippen molar-refractivity contribution in [2.45, 2.75) is 131 Å². The number of ether oxygens (including phenoxy) is 8. The van der Waals surface area contributed by atoms with Gasteiger partial charge in [-0.05, 0) is 38.8 Å². The molecule has 6 rings (SSSR count).